The molecule has 0 saturated heterocycles. The number of hydrogen-bond donors (Lipinski definition) is 0. The third kappa shape index (κ3) is 3.84. The third-order valence-corrected chi connectivity index (χ3v) is 12.2. The summed E-state index contributed by atoms with van der Waals surface area (Å²) in [7, 11) is -1.82. The first-order valence-electron chi connectivity index (χ1n) is 11.8. The van der Waals surface area contributed by atoms with Crippen molar-refractivity contribution in [3.63, 3.8) is 0 Å². The maximum absolute atomic E-state index is 6.93. The van der Waals surface area contributed by atoms with Gasteiger partial charge in [-0.3, -0.25) is 0 Å². The van der Waals surface area contributed by atoms with Crippen LogP contribution in [0.15, 0.2) is 60.7 Å². The van der Waals surface area contributed by atoms with Crippen molar-refractivity contribution >= 4 is 15.5 Å². The normalized spacial score (nSPS) is 19.3. The fourth-order valence-electron chi connectivity index (χ4n) is 5.07. The summed E-state index contributed by atoms with van der Waals surface area (Å²) in [6.07, 6.45) is 1.18. The molecule has 2 aromatic heterocycles. The highest BCUT2D eigenvalue weighted by atomic mass is 31.1. The summed E-state index contributed by atoms with van der Waals surface area (Å²) in [5.74, 6) is 0. The molecule has 2 aromatic carbocycles. The molecule has 0 spiro atoms. The molecule has 0 radical (unpaired) electrons. The summed E-state index contributed by atoms with van der Waals surface area (Å²) < 4.78 is 13.9. The van der Waals surface area contributed by atoms with Crippen molar-refractivity contribution in [1.29, 1.82) is 0 Å². The van der Waals surface area contributed by atoms with E-state index in [1.54, 1.807) is 0 Å². The van der Waals surface area contributed by atoms with Crippen LogP contribution in [-0.4, -0.2) is 12.2 Å². The Morgan fingerprint density at radius 3 is 1.24 bits per heavy atom. The van der Waals surface area contributed by atoms with Crippen molar-refractivity contribution in [2.45, 2.75) is 60.2 Å². The van der Waals surface area contributed by atoms with Gasteiger partial charge in [0, 0.05) is 43.1 Å². The van der Waals surface area contributed by atoms with Gasteiger partial charge in [-0.15, -0.1) is 0 Å². The van der Waals surface area contributed by atoms with E-state index in [1.807, 2.05) is 0 Å². The molecule has 4 atom stereocenters. The highest BCUT2D eigenvalue weighted by Crippen LogP contribution is 2.63. The molecule has 33 heavy (non-hydrogen) atoms. The van der Waals surface area contributed by atoms with E-state index < -0.39 is 15.5 Å². The van der Waals surface area contributed by atoms with E-state index in [0.29, 0.717) is 0 Å². The first kappa shape index (κ1) is 22.7. The van der Waals surface area contributed by atoms with Gasteiger partial charge in [0.25, 0.3) is 0 Å². The molecule has 0 amide bonds. The molecular weight excluding hydrogens is 442 g/mol. The van der Waals surface area contributed by atoms with Gasteiger partial charge < -0.3 is 9.05 Å². The summed E-state index contributed by atoms with van der Waals surface area (Å²) in [5.41, 5.74) is 8.03. The van der Waals surface area contributed by atoms with Crippen LogP contribution in [0.5, 0.6) is 0 Å². The minimum absolute atomic E-state index is 0.139. The van der Waals surface area contributed by atoms with Gasteiger partial charge in [-0.05, 0) is 74.9 Å². The molecule has 2 unspecified atom stereocenters. The third-order valence-electron chi connectivity index (χ3n) is 6.91. The first-order valence-corrected chi connectivity index (χ1v) is 14.3. The van der Waals surface area contributed by atoms with Crippen LogP contribution in [0.25, 0.3) is 32.3 Å². The van der Waals surface area contributed by atoms with Crippen LogP contribution in [0.4, 0.5) is 0 Å². The van der Waals surface area contributed by atoms with Crippen molar-refractivity contribution < 1.29 is 9.05 Å². The number of hydrogen-bond acceptors (Lipinski definition) is 2. The van der Waals surface area contributed by atoms with E-state index in [1.165, 1.54) is 54.6 Å². The van der Waals surface area contributed by atoms with Crippen molar-refractivity contribution in [3.8, 4) is 32.3 Å². The molecular formula is C29H32O2P2. The lowest BCUT2D eigenvalue weighted by Gasteiger charge is -2.19. The minimum atomic E-state index is -0.912. The Balaban J connectivity index is 1.87. The van der Waals surface area contributed by atoms with E-state index in [9.17, 15) is 0 Å². The average Bonchev–Trinajstić information content (AvgIpc) is 3.19. The second kappa shape index (κ2) is 8.94. The summed E-state index contributed by atoms with van der Waals surface area (Å²) in [6, 6.07) is 21.6. The second-order valence-electron chi connectivity index (χ2n) is 9.28. The highest BCUT2D eigenvalue weighted by molar-refractivity contribution is 7.57. The predicted octanol–water partition coefficient (Wildman–Crippen LogP) is 8.93. The molecule has 0 fully saturated rings. The van der Waals surface area contributed by atoms with Crippen LogP contribution in [0.1, 0.15) is 42.5 Å². The molecule has 4 heteroatoms. The summed E-state index contributed by atoms with van der Waals surface area (Å²) in [5, 5.41) is 5.55. The fourth-order valence-corrected chi connectivity index (χ4v) is 10.8. The molecule has 4 aromatic rings. The zero-order valence-electron chi connectivity index (χ0n) is 20.3. The first-order chi connectivity index (χ1) is 15.9. The van der Waals surface area contributed by atoms with Gasteiger partial charge in [0.05, 0.1) is 12.2 Å². The molecule has 0 N–H and O–H groups in total. The Kier molecular flexibility index (Phi) is 6.15. The van der Waals surface area contributed by atoms with Gasteiger partial charge in [0.1, 0.15) is 0 Å². The Morgan fingerprint density at radius 1 is 0.545 bits per heavy atom. The van der Waals surface area contributed by atoms with E-state index in [4.69, 9.17) is 9.05 Å². The zero-order chi connectivity index (χ0) is 23.3. The summed E-state index contributed by atoms with van der Waals surface area (Å²) >= 11 is 0. The van der Waals surface area contributed by atoms with Crippen LogP contribution < -0.4 is 9.05 Å². The molecule has 2 nitrogen and oxygen atoms in total. The molecule has 0 bridgehead atoms. The van der Waals surface area contributed by atoms with E-state index in [-0.39, 0.29) is 12.2 Å². The zero-order valence-corrected chi connectivity index (χ0v) is 22.1. The number of fused-ring (bicyclic) bond motifs is 3. The predicted molar refractivity (Wildman–Crippen MR) is 144 cm³/mol. The molecule has 170 valence electrons. The van der Waals surface area contributed by atoms with E-state index in [0.717, 1.165) is 6.42 Å². The van der Waals surface area contributed by atoms with Crippen molar-refractivity contribution in [2.75, 3.05) is 0 Å². The topological polar surface area (TPSA) is 18.5 Å². The van der Waals surface area contributed by atoms with Crippen LogP contribution in [0.2, 0.25) is 0 Å². The quantitative estimate of drug-likeness (QED) is 0.289. The SMILES string of the molecule is Cc1c(C)c2p(c1-c1ccccc1)O[C@H](C)C[C@@H](C)Op1c(-c3ccccc3)c(C)c(C)c1-2. The molecule has 1 aliphatic heterocycles. The van der Waals surface area contributed by atoms with Gasteiger partial charge in [0.15, 0.2) is 0 Å². The van der Waals surface area contributed by atoms with Gasteiger partial charge in [0.2, 0.25) is 0 Å². The molecule has 5 rings (SSSR count). The van der Waals surface area contributed by atoms with Gasteiger partial charge in [-0.25, -0.2) is 0 Å². The monoisotopic (exact) mass is 474 g/mol. The molecule has 1 aliphatic rings. The van der Waals surface area contributed by atoms with Crippen LogP contribution in [-0.2, 0) is 0 Å². The fraction of sp³-hybridized carbons (Fsp3) is 0.310. The van der Waals surface area contributed by atoms with E-state index >= 15 is 0 Å². The maximum atomic E-state index is 6.93. The Morgan fingerprint density at radius 2 is 0.879 bits per heavy atom. The maximum Gasteiger partial charge on any atom is 0.0675 e. The smallest absolute Gasteiger partial charge is 0.0675 e. The highest BCUT2D eigenvalue weighted by Gasteiger charge is 2.32. The lowest BCUT2D eigenvalue weighted by molar-refractivity contribution is 0.207. The lowest BCUT2D eigenvalue weighted by Crippen LogP contribution is -2.21. The minimum Gasteiger partial charge on any atom is -0.328 e. The molecule has 0 aliphatic carbocycles. The lowest BCUT2D eigenvalue weighted by atomic mass is 10.0. The van der Waals surface area contributed by atoms with Crippen LogP contribution in [0.3, 0.4) is 0 Å². The summed E-state index contributed by atoms with van der Waals surface area (Å²) in [4.78, 5) is 0. The molecule has 3 heterocycles. The second-order valence-corrected chi connectivity index (χ2v) is 12.7. The van der Waals surface area contributed by atoms with Crippen molar-refractivity contribution in [2.24, 2.45) is 0 Å². The standard InChI is InChI=1S/C29H32O2P2/c1-18-17-19(2)31-33-27(25-15-11-8-12-16-25)21(4)23(6)29(33)28-22(5)20(3)26(32(28)30-18)24-13-9-7-10-14-24/h7-16,18-19H,17H2,1-6H3/t18-,19-,32?,33?/m1/s1. The van der Waals surface area contributed by atoms with E-state index in [2.05, 4.69) is 102 Å². The van der Waals surface area contributed by atoms with Crippen molar-refractivity contribution in [3.05, 3.63) is 82.9 Å². The molecule has 0 saturated carbocycles. The van der Waals surface area contributed by atoms with Crippen LogP contribution >= 0.6 is 15.5 Å². The largest absolute Gasteiger partial charge is 0.328 e. The Labute approximate surface area is 199 Å². The Bertz CT molecular complexity index is 1200. The number of rotatable bonds is 2. The number of benzene rings is 2. The van der Waals surface area contributed by atoms with Crippen molar-refractivity contribution in [1.82, 2.24) is 0 Å². The van der Waals surface area contributed by atoms with Gasteiger partial charge in [-0.2, -0.15) is 0 Å². The van der Waals surface area contributed by atoms with Gasteiger partial charge in [-0.1, -0.05) is 60.7 Å². The summed E-state index contributed by atoms with van der Waals surface area (Å²) in [6.45, 7) is 13.5. The van der Waals surface area contributed by atoms with Gasteiger partial charge >= 0.3 is 0 Å². The van der Waals surface area contributed by atoms with Crippen LogP contribution in [0, 0.1) is 27.7 Å². The Hall–Kier alpha value is -2.08. The average molecular weight is 475 g/mol.